The van der Waals surface area contributed by atoms with Crippen molar-refractivity contribution in [2.45, 2.75) is 13.8 Å². The third kappa shape index (κ3) is 4.10. The summed E-state index contributed by atoms with van der Waals surface area (Å²) in [6.45, 7) is 3.31. The van der Waals surface area contributed by atoms with E-state index in [1.165, 1.54) is 13.0 Å². The van der Waals surface area contributed by atoms with Gasteiger partial charge in [-0.2, -0.15) is 5.10 Å². The average molecular weight is 231 g/mol. The van der Waals surface area contributed by atoms with Crippen LogP contribution in [0.1, 0.15) is 19.4 Å². The van der Waals surface area contributed by atoms with Gasteiger partial charge in [-0.1, -0.05) is 30.3 Å². The van der Waals surface area contributed by atoms with Gasteiger partial charge in [-0.05, 0) is 13.8 Å². The van der Waals surface area contributed by atoms with Gasteiger partial charge in [-0.3, -0.25) is 9.80 Å². The van der Waals surface area contributed by atoms with Crippen molar-refractivity contribution in [3.8, 4) is 0 Å². The van der Waals surface area contributed by atoms with Crippen LogP contribution in [0, 0.1) is 0 Å². The fourth-order valence-electron chi connectivity index (χ4n) is 1.29. The van der Waals surface area contributed by atoms with E-state index >= 15 is 0 Å². The molecule has 4 nitrogen and oxygen atoms in total. The van der Waals surface area contributed by atoms with Crippen LogP contribution in [0.15, 0.2) is 47.2 Å². The summed E-state index contributed by atoms with van der Waals surface area (Å²) in [6, 6.07) is 9.49. The van der Waals surface area contributed by atoms with Crippen molar-refractivity contribution in [1.29, 1.82) is 0 Å². The second-order valence-corrected chi connectivity index (χ2v) is 3.77. The van der Waals surface area contributed by atoms with Gasteiger partial charge in [0.2, 0.25) is 0 Å². The highest BCUT2D eigenvalue weighted by atomic mass is 16.1. The molecular formula is C13H17N3O. The number of nitrogens with zero attached hydrogens (tertiary/aromatic N) is 2. The van der Waals surface area contributed by atoms with E-state index in [4.69, 9.17) is 5.73 Å². The second kappa shape index (κ2) is 5.84. The first-order valence-corrected chi connectivity index (χ1v) is 5.33. The molecule has 0 bridgehead atoms. The van der Waals surface area contributed by atoms with Gasteiger partial charge < -0.3 is 5.73 Å². The molecule has 0 heterocycles. The van der Waals surface area contributed by atoms with Crippen LogP contribution in [-0.4, -0.2) is 23.7 Å². The number of allylic oxidation sites excluding steroid dienone is 2. The van der Waals surface area contributed by atoms with Crippen molar-refractivity contribution in [3.05, 3.63) is 47.7 Å². The number of amidine groups is 1. The highest BCUT2D eigenvalue weighted by Gasteiger charge is 2.01. The summed E-state index contributed by atoms with van der Waals surface area (Å²) in [6.07, 6.45) is 1.52. The van der Waals surface area contributed by atoms with E-state index in [-0.39, 0.29) is 5.78 Å². The fraction of sp³-hybridized carbons (Fsp3) is 0.231. The van der Waals surface area contributed by atoms with Crippen LogP contribution in [0.4, 0.5) is 0 Å². The molecule has 0 atom stereocenters. The molecule has 2 N–H and O–H groups in total. The van der Waals surface area contributed by atoms with Crippen molar-refractivity contribution in [3.63, 3.8) is 0 Å². The standard InChI is InChI=1S/C13H17N3O/c1-10(9-11(2)17)16(3)15-13(14)12-7-5-4-6-8-12/h4-9H,1-3H3,(H2,14,15)/b10-9+. The minimum absolute atomic E-state index is 0.0113. The Morgan fingerprint density at radius 3 is 2.41 bits per heavy atom. The molecule has 0 saturated heterocycles. The van der Waals surface area contributed by atoms with E-state index in [1.807, 2.05) is 37.3 Å². The topological polar surface area (TPSA) is 58.7 Å². The number of hydrazone groups is 1. The first-order valence-electron chi connectivity index (χ1n) is 5.33. The van der Waals surface area contributed by atoms with Crippen LogP contribution in [0.5, 0.6) is 0 Å². The lowest BCUT2D eigenvalue weighted by molar-refractivity contribution is -0.112. The van der Waals surface area contributed by atoms with Crippen molar-refractivity contribution in [1.82, 2.24) is 5.01 Å². The van der Waals surface area contributed by atoms with E-state index in [9.17, 15) is 4.79 Å². The minimum atomic E-state index is -0.0113. The molecule has 0 amide bonds. The zero-order valence-electron chi connectivity index (χ0n) is 10.3. The number of carbonyl (C=O) groups is 1. The summed E-state index contributed by atoms with van der Waals surface area (Å²) >= 11 is 0. The number of nitrogens with two attached hydrogens (primary N) is 1. The lowest BCUT2D eigenvalue weighted by atomic mass is 10.2. The van der Waals surface area contributed by atoms with Gasteiger partial charge in [0, 0.05) is 24.4 Å². The Kier molecular flexibility index (Phi) is 4.46. The summed E-state index contributed by atoms with van der Waals surface area (Å²) in [5.41, 5.74) is 7.46. The monoisotopic (exact) mass is 231 g/mol. The normalized spacial score (nSPS) is 12.4. The number of hydrogen-bond donors (Lipinski definition) is 1. The number of benzene rings is 1. The summed E-state index contributed by atoms with van der Waals surface area (Å²) < 4.78 is 0. The first-order chi connectivity index (χ1) is 8.00. The molecule has 0 radical (unpaired) electrons. The molecular weight excluding hydrogens is 214 g/mol. The number of carbonyl (C=O) groups excluding carboxylic acids is 1. The van der Waals surface area contributed by atoms with E-state index in [0.29, 0.717) is 5.84 Å². The Balaban J connectivity index is 2.86. The second-order valence-electron chi connectivity index (χ2n) is 3.77. The number of rotatable bonds is 4. The Morgan fingerprint density at radius 1 is 1.29 bits per heavy atom. The molecule has 1 aromatic carbocycles. The van der Waals surface area contributed by atoms with E-state index in [2.05, 4.69) is 5.10 Å². The molecule has 17 heavy (non-hydrogen) atoms. The van der Waals surface area contributed by atoms with Gasteiger partial charge >= 0.3 is 0 Å². The highest BCUT2D eigenvalue weighted by Crippen LogP contribution is 2.04. The molecule has 4 heteroatoms. The number of hydrogen-bond acceptors (Lipinski definition) is 3. The van der Waals surface area contributed by atoms with Crippen molar-refractivity contribution in [2.75, 3.05) is 7.05 Å². The molecule has 0 aromatic heterocycles. The highest BCUT2D eigenvalue weighted by molar-refractivity contribution is 5.97. The molecule has 0 saturated carbocycles. The summed E-state index contributed by atoms with van der Waals surface area (Å²) in [5, 5.41) is 5.79. The molecule has 0 aliphatic rings. The Hall–Kier alpha value is -2.10. The van der Waals surface area contributed by atoms with Gasteiger partial charge in [0.15, 0.2) is 11.6 Å². The maximum atomic E-state index is 10.9. The van der Waals surface area contributed by atoms with Crippen LogP contribution < -0.4 is 5.73 Å². The van der Waals surface area contributed by atoms with E-state index in [0.717, 1.165) is 11.3 Å². The molecule has 0 fully saturated rings. The molecule has 1 aromatic rings. The minimum Gasteiger partial charge on any atom is -0.382 e. The summed E-state index contributed by atoms with van der Waals surface area (Å²) in [5.74, 6) is 0.409. The van der Waals surface area contributed by atoms with Gasteiger partial charge in [-0.15, -0.1) is 0 Å². The molecule has 90 valence electrons. The maximum Gasteiger partial charge on any atom is 0.154 e. The van der Waals surface area contributed by atoms with Crippen molar-refractivity contribution < 1.29 is 4.79 Å². The summed E-state index contributed by atoms with van der Waals surface area (Å²) in [4.78, 5) is 10.9. The van der Waals surface area contributed by atoms with Crippen LogP contribution in [-0.2, 0) is 4.79 Å². The predicted octanol–water partition coefficient (Wildman–Crippen LogP) is 1.73. The molecule has 0 aliphatic carbocycles. The Bertz CT molecular complexity index is 449. The van der Waals surface area contributed by atoms with Crippen LogP contribution in [0.2, 0.25) is 0 Å². The largest absolute Gasteiger partial charge is 0.382 e. The van der Waals surface area contributed by atoms with Crippen LogP contribution in [0.3, 0.4) is 0 Å². The van der Waals surface area contributed by atoms with Crippen molar-refractivity contribution >= 4 is 11.6 Å². The number of ketones is 1. The summed E-state index contributed by atoms with van der Waals surface area (Å²) in [7, 11) is 1.75. The maximum absolute atomic E-state index is 10.9. The van der Waals surface area contributed by atoms with Crippen LogP contribution >= 0.6 is 0 Å². The average Bonchev–Trinajstić information content (AvgIpc) is 2.29. The van der Waals surface area contributed by atoms with Gasteiger partial charge in [-0.25, -0.2) is 0 Å². The lowest BCUT2D eigenvalue weighted by Crippen LogP contribution is -2.20. The van der Waals surface area contributed by atoms with Crippen LogP contribution in [0.25, 0.3) is 0 Å². The third-order valence-corrected chi connectivity index (χ3v) is 2.25. The fourth-order valence-corrected chi connectivity index (χ4v) is 1.29. The molecule has 0 spiro atoms. The smallest absolute Gasteiger partial charge is 0.154 e. The predicted molar refractivity (Wildman–Crippen MR) is 69.4 cm³/mol. The zero-order chi connectivity index (χ0) is 12.8. The van der Waals surface area contributed by atoms with Crippen molar-refractivity contribution in [2.24, 2.45) is 10.8 Å². The lowest BCUT2D eigenvalue weighted by Gasteiger charge is -2.14. The van der Waals surface area contributed by atoms with Gasteiger partial charge in [0.05, 0.1) is 0 Å². The SMILES string of the molecule is CC(=O)/C=C(\C)N(C)/N=C(/N)c1ccccc1. The van der Waals surface area contributed by atoms with E-state index in [1.54, 1.807) is 12.1 Å². The molecule has 1 rings (SSSR count). The first kappa shape index (κ1) is 13.0. The molecule has 0 aliphatic heterocycles. The Morgan fingerprint density at radius 2 is 1.88 bits per heavy atom. The zero-order valence-corrected chi connectivity index (χ0v) is 10.3. The van der Waals surface area contributed by atoms with Gasteiger partial charge in [0.1, 0.15) is 0 Å². The van der Waals surface area contributed by atoms with E-state index < -0.39 is 0 Å². The third-order valence-electron chi connectivity index (χ3n) is 2.25. The quantitative estimate of drug-likeness (QED) is 0.371. The Labute approximate surface area is 101 Å². The molecule has 0 unspecified atom stereocenters. The van der Waals surface area contributed by atoms with Gasteiger partial charge in [0.25, 0.3) is 0 Å².